The molecule has 0 unspecified atom stereocenters. The zero-order valence-corrected chi connectivity index (χ0v) is 11.0. The summed E-state index contributed by atoms with van der Waals surface area (Å²) in [6.45, 7) is 0. The fourth-order valence-electron chi connectivity index (χ4n) is 2.14. The number of fused-ring (bicyclic) bond motifs is 1. The number of halogens is 2. The van der Waals surface area contributed by atoms with Gasteiger partial charge in [-0.3, -0.25) is 4.79 Å². The summed E-state index contributed by atoms with van der Waals surface area (Å²) in [5.41, 5.74) is 7.50. The number of rotatable bonds is 2. The minimum atomic E-state index is -0.394. The number of nitrogens with one attached hydrogen (secondary N) is 1. The van der Waals surface area contributed by atoms with Crippen LogP contribution in [0.3, 0.4) is 0 Å². The number of H-pyrrole nitrogens is 1. The average Bonchev–Trinajstić information content (AvgIpc) is 2.81. The molecule has 0 atom stereocenters. The van der Waals surface area contributed by atoms with E-state index in [9.17, 15) is 9.18 Å². The van der Waals surface area contributed by atoms with Crippen LogP contribution in [0.2, 0.25) is 5.02 Å². The second-order valence-corrected chi connectivity index (χ2v) is 4.87. The summed E-state index contributed by atoms with van der Waals surface area (Å²) in [6, 6.07) is 8.94. The molecule has 2 aromatic carbocycles. The monoisotopic (exact) mass is 288 g/mol. The number of aromatic nitrogens is 1. The van der Waals surface area contributed by atoms with Crippen molar-refractivity contribution in [2.24, 2.45) is 0 Å². The van der Waals surface area contributed by atoms with Crippen molar-refractivity contribution >= 4 is 34.0 Å². The lowest BCUT2D eigenvalue weighted by Gasteiger charge is -2.04. The van der Waals surface area contributed by atoms with Crippen molar-refractivity contribution in [2.75, 3.05) is 5.73 Å². The van der Waals surface area contributed by atoms with Gasteiger partial charge in [0, 0.05) is 33.9 Å². The molecule has 5 heteroatoms. The fraction of sp³-hybridized carbons (Fsp3) is 0. The number of hydrogen-bond donors (Lipinski definition) is 2. The Morgan fingerprint density at radius 1 is 1.15 bits per heavy atom. The van der Waals surface area contributed by atoms with E-state index in [-0.39, 0.29) is 10.8 Å². The molecule has 0 aliphatic heterocycles. The van der Waals surface area contributed by atoms with Gasteiger partial charge in [0.15, 0.2) is 5.78 Å². The summed E-state index contributed by atoms with van der Waals surface area (Å²) >= 11 is 6.04. The molecule has 0 saturated heterocycles. The van der Waals surface area contributed by atoms with E-state index in [1.807, 2.05) is 0 Å². The first-order valence-corrected chi connectivity index (χ1v) is 6.30. The van der Waals surface area contributed by atoms with Gasteiger partial charge in [0.05, 0.1) is 5.02 Å². The topological polar surface area (TPSA) is 58.9 Å². The molecule has 100 valence electrons. The zero-order chi connectivity index (χ0) is 14.3. The van der Waals surface area contributed by atoms with Gasteiger partial charge in [-0.25, -0.2) is 4.39 Å². The lowest BCUT2D eigenvalue weighted by atomic mass is 10.0. The average molecular weight is 289 g/mol. The second kappa shape index (κ2) is 4.65. The standard InChI is InChI=1S/C15H10ClFN2O/c16-13-6-9(18)2-3-10(13)15(20)12-7-19-14-4-1-8(17)5-11(12)14/h1-7,19H,18H2. The largest absolute Gasteiger partial charge is 0.399 e. The van der Waals surface area contributed by atoms with Crippen LogP contribution in [0, 0.1) is 5.82 Å². The molecule has 3 nitrogen and oxygen atoms in total. The van der Waals surface area contributed by atoms with Crippen LogP contribution >= 0.6 is 11.6 Å². The molecule has 0 aliphatic rings. The van der Waals surface area contributed by atoms with Gasteiger partial charge in [-0.2, -0.15) is 0 Å². The number of benzene rings is 2. The van der Waals surface area contributed by atoms with E-state index in [0.717, 1.165) is 0 Å². The summed E-state index contributed by atoms with van der Waals surface area (Å²) in [7, 11) is 0. The Morgan fingerprint density at radius 2 is 1.95 bits per heavy atom. The number of carbonyl (C=O) groups is 1. The highest BCUT2D eigenvalue weighted by Gasteiger charge is 2.17. The summed E-state index contributed by atoms with van der Waals surface area (Å²) < 4.78 is 13.3. The maximum atomic E-state index is 13.3. The number of ketones is 1. The van der Waals surface area contributed by atoms with Crippen LogP contribution in [0.4, 0.5) is 10.1 Å². The van der Waals surface area contributed by atoms with Crippen molar-refractivity contribution in [3.05, 3.63) is 64.6 Å². The lowest BCUT2D eigenvalue weighted by molar-refractivity contribution is 0.104. The molecule has 1 aromatic heterocycles. The number of carbonyl (C=O) groups excluding carboxylic acids is 1. The van der Waals surface area contributed by atoms with Crippen LogP contribution in [0.1, 0.15) is 15.9 Å². The highest BCUT2D eigenvalue weighted by Crippen LogP contribution is 2.26. The zero-order valence-electron chi connectivity index (χ0n) is 10.3. The molecule has 3 aromatic rings. The number of anilines is 1. The molecule has 0 aliphatic carbocycles. The summed E-state index contributed by atoms with van der Waals surface area (Å²) in [5.74, 6) is -0.665. The van der Waals surface area contributed by atoms with Gasteiger partial charge in [-0.1, -0.05) is 11.6 Å². The van der Waals surface area contributed by atoms with Crippen molar-refractivity contribution in [3.63, 3.8) is 0 Å². The lowest BCUT2D eigenvalue weighted by Crippen LogP contribution is -2.02. The van der Waals surface area contributed by atoms with Crippen LogP contribution < -0.4 is 5.73 Å². The summed E-state index contributed by atoms with van der Waals surface area (Å²) in [5, 5.41) is 0.809. The molecule has 0 saturated carbocycles. The number of nitrogens with two attached hydrogens (primary N) is 1. The van der Waals surface area contributed by atoms with Gasteiger partial charge in [0.1, 0.15) is 5.82 Å². The predicted octanol–water partition coefficient (Wildman–Crippen LogP) is 3.77. The van der Waals surface area contributed by atoms with Crippen molar-refractivity contribution < 1.29 is 9.18 Å². The molecule has 20 heavy (non-hydrogen) atoms. The van der Waals surface area contributed by atoms with E-state index in [0.29, 0.717) is 27.7 Å². The van der Waals surface area contributed by atoms with E-state index in [2.05, 4.69) is 4.98 Å². The van der Waals surface area contributed by atoms with Crippen LogP contribution in [-0.4, -0.2) is 10.8 Å². The predicted molar refractivity (Wildman–Crippen MR) is 77.6 cm³/mol. The Hall–Kier alpha value is -2.33. The molecular formula is C15H10ClFN2O. The number of nitrogen functional groups attached to an aromatic ring is 1. The molecular weight excluding hydrogens is 279 g/mol. The summed E-state index contributed by atoms with van der Waals surface area (Å²) in [6.07, 6.45) is 1.55. The molecule has 0 bridgehead atoms. The van der Waals surface area contributed by atoms with Gasteiger partial charge in [-0.15, -0.1) is 0 Å². The Labute approximate surface area is 119 Å². The van der Waals surface area contributed by atoms with E-state index in [1.54, 1.807) is 24.4 Å². The van der Waals surface area contributed by atoms with Gasteiger partial charge in [0.2, 0.25) is 0 Å². The minimum absolute atomic E-state index is 0.271. The van der Waals surface area contributed by atoms with Crippen molar-refractivity contribution in [3.8, 4) is 0 Å². The van der Waals surface area contributed by atoms with Crippen LogP contribution in [0.5, 0.6) is 0 Å². The minimum Gasteiger partial charge on any atom is -0.399 e. The molecule has 0 amide bonds. The Morgan fingerprint density at radius 3 is 2.70 bits per heavy atom. The van der Waals surface area contributed by atoms with E-state index in [1.165, 1.54) is 18.2 Å². The number of hydrogen-bond acceptors (Lipinski definition) is 2. The van der Waals surface area contributed by atoms with E-state index >= 15 is 0 Å². The van der Waals surface area contributed by atoms with Crippen LogP contribution in [-0.2, 0) is 0 Å². The normalized spacial score (nSPS) is 10.9. The third-order valence-electron chi connectivity index (χ3n) is 3.13. The second-order valence-electron chi connectivity index (χ2n) is 4.46. The molecule has 3 rings (SSSR count). The van der Waals surface area contributed by atoms with Gasteiger partial charge in [-0.05, 0) is 36.4 Å². The molecule has 0 spiro atoms. The van der Waals surface area contributed by atoms with E-state index < -0.39 is 5.82 Å². The first-order valence-electron chi connectivity index (χ1n) is 5.92. The Kier molecular flexibility index (Phi) is 2.95. The number of aromatic amines is 1. The van der Waals surface area contributed by atoms with Gasteiger partial charge < -0.3 is 10.7 Å². The van der Waals surface area contributed by atoms with Crippen LogP contribution in [0.25, 0.3) is 10.9 Å². The maximum absolute atomic E-state index is 13.3. The third kappa shape index (κ3) is 2.04. The van der Waals surface area contributed by atoms with E-state index in [4.69, 9.17) is 17.3 Å². The van der Waals surface area contributed by atoms with Crippen molar-refractivity contribution in [2.45, 2.75) is 0 Å². The molecule has 1 heterocycles. The molecule has 0 radical (unpaired) electrons. The summed E-state index contributed by atoms with van der Waals surface area (Å²) in [4.78, 5) is 15.4. The smallest absolute Gasteiger partial charge is 0.196 e. The van der Waals surface area contributed by atoms with Gasteiger partial charge >= 0.3 is 0 Å². The molecule has 0 fully saturated rings. The SMILES string of the molecule is Nc1ccc(C(=O)c2c[nH]c3ccc(F)cc23)c(Cl)c1. The Balaban J connectivity index is 2.15. The highest BCUT2D eigenvalue weighted by molar-refractivity contribution is 6.35. The maximum Gasteiger partial charge on any atom is 0.196 e. The van der Waals surface area contributed by atoms with Gasteiger partial charge in [0.25, 0.3) is 0 Å². The quantitative estimate of drug-likeness (QED) is 0.557. The third-order valence-corrected chi connectivity index (χ3v) is 3.44. The first kappa shape index (κ1) is 12.7. The highest BCUT2D eigenvalue weighted by atomic mass is 35.5. The van der Waals surface area contributed by atoms with Crippen molar-refractivity contribution in [1.82, 2.24) is 4.98 Å². The van der Waals surface area contributed by atoms with Crippen LogP contribution in [0.15, 0.2) is 42.6 Å². The van der Waals surface area contributed by atoms with Crippen molar-refractivity contribution in [1.29, 1.82) is 0 Å². The Bertz CT molecular complexity index is 826. The first-order chi connectivity index (χ1) is 9.56. The fourth-order valence-corrected chi connectivity index (χ4v) is 2.42. The molecule has 3 N–H and O–H groups in total.